The van der Waals surface area contributed by atoms with E-state index in [0.29, 0.717) is 19.4 Å². The lowest BCUT2D eigenvalue weighted by atomic mass is 10.1. The van der Waals surface area contributed by atoms with Crippen LogP contribution in [0.3, 0.4) is 0 Å². The molecule has 7 heteroatoms. The van der Waals surface area contributed by atoms with E-state index in [9.17, 15) is 9.59 Å². The number of aryl methyl sites for hydroxylation is 2. The minimum Gasteiger partial charge on any atom is -0.481 e. The maximum atomic E-state index is 11.8. The summed E-state index contributed by atoms with van der Waals surface area (Å²) in [7, 11) is 0. The summed E-state index contributed by atoms with van der Waals surface area (Å²) in [6.45, 7) is 6.04. The number of carboxylic acid groups (broad SMARTS) is 1. The quantitative estimate of drug-likeness (QED) is 0.561. The number of amides is 1. The molecule has 1 rings (SSSR count). The predicted octanol–water partition coefficient (Wildman–Crippen LogP) is 1.97. The Morgan fingerprint density at radius 1 is 1.27 bits per heavy atom. The van der Waals surface area contributed by atoms with Crippen LogP contribution in [0.5, 0.6) is 0 Å². The van der Waals surface area contributed by atoms with Gasteiger partial charge in [0.15, 0.2) is 5.16 Å². The molecule has 1 unspecified atom stereocenters. The second kappa shape index (κ2) is 8.73. The lowest BCUT2D eigenvalue weighted by Gasteiger charge is -2.12. The second-order valence-electron chi connectivity index (χ2n) is 5.37. The van der Waals surface area contributed by atoms with Gasteiger partial charge in [-0.2, -0.15) is 0 Å². The Morgan fingerprint density at radius 2 is 1.86 bits per heavy atom. The van der Waals surface area contributed by atoms with Gasteiger partial charge in [0.2, 0.25) is 5.91 Å². The molecule has 6 nitrogen and oxygen atoms in total. The highest BCUT2D eigenvalue weighted by Crippen LogP contribution is 2.17. The molecule has 122 valence electrons. The Kier molecular flexibility index (Phi) is 7.31. The van der Waals surface area contributed by atoms with Gasteiger partial charge in [-0.3, -0.25) is 9.59 Å². The monoisotopic (exact) mass is 325 g/mol. The summed E-state index contributed by atoms with van der Waals surface area (Å²) in [4.78, 5) is 31.2. The predicted molar refractivity (Wildman–Crippen MR) is 86.0 cm³/mol. The molecule has 0 aliphatic carbocycles. The third kappa shape index (κ3) is 6.01. The number of aliphatic carboxylic acids is 1. The molecule has 0 fully saturated rings. The number of carboxylic acids is 1. The van der Waals surface area contributed by atoms with Crippen LogP contribution in [-0.4, -0.2) is 39.8 Å². The third-order valence-electron chi connectivity index (χ3n) is 3.36. The number of nitrogens with zero attached hydrogens (tertiary/aromatic N) is 2. The molecule has 2 N–H and O–H groups in total. The van der Waals surface area contributed by atoms with Gasteiger partial charge in [0, 0.05) is 30.8 Å². The lowest BCUT2D eigenvalue weighted by molar-refractivity contribution is -0.138. The van der Waals surface area contributed by atoms with Gasteiger partial charge in [-0.25, -0.2) is 9.97 Å². The number of hydrogen-bond acceptors (Lipinski definition) is 5. The molecule has 0 aliphatic heterocycles. The van der Waals surface area contributed by atoms with Gasteiger partial charge in [-0.1, -0.05) is 18.7 Å². The van der Waals surface area contributed by atoms with Crippen LogP contribution in [0, 0.1) is 19.8 Å². The van der Waals surface area contributed by atoms with Gasteiger partial charge < -0.3 is 10.4 Å². The summed E-state index contributed by atoms with van der Waals surface area (Å²) in [6.07, 6.45) is 2.93. The Hall–Kier alpha value is -1.63. The summed E-state index contributed by atoms with van der Waals surface area (Å²) in [5, 5.41) is 12.2. The fourth-order valence-electron chi connectivity index (χ4n) is 2.15. The van der Waals surface area contributed by atoms with E-state index in [2.05, 4.69) is 15.3 Å². The van der Waals surface area contributed by atoms with Gasteiger partial charge in [-0.05, 0) is 38.0 Å². The van der Waals surface area contributed by atoms with E-state index in [4.69, 9.17) is 5.11 Å². The topological polar surface area (TPSA) is 92.2 Å². The zero-order valence-corrected chi connectivity index (χ0v) is 14.3. The third-order valence-corrected chi connectivity index (χ3v) is 3.90. The molecule has 1 amide bonds. The summed E-state index contributed by atoms with van der Waals surface area (Å²) < 4.78 is 0. The highest BCUT2D eigenvalue weighted by atomic mass is 32.2. The van der Waals surface area contributed by atoms with E-state index in [0.717, 1.165) is 22.1 Å². The maximum Gasteiger partial charge on any atom is 0.303 e. The average molecular weight is 325 g/mol. The second-order valence-corrected chi connectivity index (χ2v) is 6.14. The van der Waals surface area contributed by atoms with Crippen molar-refractivity contribution in [3.8, 4) is 0 Å². The van der Waals surface area contributed by atoms with Gasteiger partial charge in [0.05, 0.1) is 0 Å². The minimum absolute atomic E-state index is 0.0580. The zero-order valence-electron chi connectivity index (χ0n) is 13.5. The minimum atomic E-state index is -0.848. The first-order valence-electron chi connectivity index (χ1n) is 7.20. The molecule has 1 aromatic heterocycles. The molecule has 0 bridgehead atoms. The van der Waals surface area contributed by atoms with E-state index in [1.54, 1.807) is 6.92 Å². The largest absolute Gasteiger partial charge is 0.481 e. The van der Waals surface area contributed by atoms with Gasteiger partial charge in [0.25, 0.3) is 0 Å². The van der Waals surface area contributed by atoms with Crippen LogP contribution >= 0.6 is 11.8 Å². The smallest absolute Gasteiger partial charge is 0.303 e. The number of carbonyl (C=O) groups excluding carboxylic acids is 1. The molecule has 1 heterocycles. The average Bonchev–Trinajstić information content (AvgIpc) is 2.43. The van der Waals surface area contributed by atoms with Crippen molar-refractivity contribution >= 4 is 23.6 Å². The maximum absolute atomic E-state index is 11.8. The highest BCUT2D eigenvalue weighted by Gasteiger charge is 2.12. The van der Waals surface area contributed by atoms with Gasteiger partial charge in [-0.15, -0.1) is 0 Å². The normalized spacial score (nSPS) is 12.0. The molecule has 0 aromatic carbocycles. The Labute approximate surface area is 135 Å². The molecule has 1 atom stereocenters. The Morgan fingerprint density at radius 3 is 2.36 bits per heavy atom. The first kappa shape index (κ1) is 18.4. The SMILES string of the molecule is CSc1nc(C)c(CCC(=O)NCC(C)CC(=O)O)c(C)n1. The number of hydrogen-bond donors (Lipinski definition) is 2. The van der Waals surface area contributed by atoms with Crippen molar-refractivity contribution in [1.29, 1.82) is 0 Å². The Bertz CT molecular complexity index is 526. The van der Waals surface area contributed by atoms with Crippen LogP contribution in [0.1, 0.15) is 36.7 Å². The lowest BCUT2D eigenvalue weighted by Crippen LogP contribution is -2.29. The molecule has 22 heavy (non-hydrogen) atoms. The standard InChI is InChI=1S/C15H23N3O3S/c1-9(7-14(20)21)8-16-13(19)6-5-12-10(2)17-15(22-4)18-11(12)3/h9H,5-8H2,1-4H3,(H,16,19)(H,20,21). The van der Waals surface area contributed by atoms with Crippen molar-refractivity contribution in [2.45, 2.75) is 45.2 Å². The van der Waals surface area contributed by atoms with E-state index in [-0.39, 0.29) is 18.2 Å². The number of rotatable bonds is 8. The van der Waals surface area contributed by atoms with Crippen molar-refractivity contribution in [1.82, 2.24) is 15.3 Å². The summed E-state index contributed by atoms with van der Waals surface area (Å²) in [5.74, 6) is -1.00. The van der Waals surface area contributed by atoms with Crippen molar-refractivity contribution in [2.75, 3.05) is 12.8 Å². The van der Waals surface area contributed by atoms with E-state index in [1.165, 1.54) is 11.8 Å². The van der Waals surface area contributed by atoms with Crippen LogP contribution in [0.15, 0.2) is 5.16 Å². The fourth-order valence-corrected chi connectivity index (χ4v) is 2.60. The summed E-state index contributed by atoms with van der Waals surface area (Å²) >= 11 is 1.50. The van der Waals surface area contributed by atoms with Crippen LogP contribution < -0.4 is 5.32 Å². The molecular formula is C15H23N3O3S. The Balaban J connectivity index is 2.49. The van der Waals surface area contributed by atoms with Crippen LogP contribution in [-0.2, 0) is 16.0 Å². The van der Waals surface area contributed by atoms with Crippen LogP contribution in [0.4, 0.5) is 0 Å². The molecule has 0 saturated heterocycles. The molecule has 0 saturated carbocycles. The van der Waals surface area contributed by atoms with Crippen molar-refractivity contribution in [3.63, 3.8) is 0 Å². The molecule has 0 radical (unpaired) electrons. The molecule has 0 spiro atoms. The van der Waals surface area contributed by atoms with E-state index in [1.807, 2.05) is 20.1 Å². The summed E-state index contributed by atoms with van der Waals surface area (Å²) in [6, 6.07) is 0. The summed E-state index contributed by atoms with van der Waals surface area (Å²) in [5.41, 5.74) is 2.82. The first-order valence-corrected chi connectivity index (χ1v) is 8.42. The number of nitrogens with one attached hydrogen (secondary N) is 1. The number of thioether (sulfide) groups is 1. The number of aromatic nitrogens is 2. The van der Waals surface area contributed by atoms with Crippen molar-refractivity contribution in [2.24, 2.45) is 5.92 Å². The zero-order chi connectivity index (χ0) is 16.7. The first-order chi connectivity index (χ1) is 10.3. The highest BCUT2D eigenvalue weighted by molar-refractivity contribution is 7.98. The van der Waals surface area contributed by atoms with E-state index >= 15 is 0 Å². The molecule has 0 aliphatic rings. The van der Waals surface area contributed by atoms with Crippen LogP contribution in [0.2, 0.25) is 0 Å². The molecular weight excluding hydrogens is 302 g/mol. The van der Waals surface area contributed by atoms with Gasteiger partial charge >= 0.3 is 5.97 Å². The molecule has 1 aromatic rings. The van der Waals surface area contributed by atoms with Crippen LogP contribution in [0.25, 0.3) is 0 Å². The van der Waals surface area contributed by atoms with Crippen molar-refractivity contribution < 1.29 is 14.7 Å². The number of carbonyl (C=O) groups is 2. The van der Waals surface area contributed by atoms with Gasteiger partial charge in [0.1, 0.15) is 0 Å². The fraction of sp³-hybridized carbons (Fsp3) is 0.600. The van der Waals surface area contributed by atoms with E-state index < -0.39 is 5.97 Å². The van der Waals surface area contributed by atoms with Crippen molar-refractivity contribution in [3.05, 3.63) is 17.0 Å².